The molecule has 6 rings (SSSR count). The average molecular weight is 611 g/mol. The zero-order valence-corrected chi connectivity index (χ0v) is 23.7. The molecule has 0 heterocycles. The fourth-order valence-corrected chi connectivity index (χ4v) is 7.04. The summed E-state index contributed by atoms with van der Waals surface area (Å²) in [6.07, 6.45) is -0.688. The van der Waals surface area contributed by atoms with Crippen LogP contribution >= 0.6 is 0 Å². The van der Waals surface area contributed by atoms with Gasteiger partial charge in [-0.3, -0.25) is 40.5 Å². The molecule has 0 radical (unpaired) electrons. The molecule has 0 saturated heterocycles. The van der Waals surface area contributed by atoms with E-state index in [0.717, 1.165) is 0 Å². The first-order valence-electron chi connectivity index (χ1n) is 14.3. The van der Waals surface area contributed by atoms with E-state index >= 15 is 0 Å². The van der Waals surface area contributed by atoms with E-state index in [9.17, 15) is 40.5 Å². The minimum absolute atomic E-state index is 0.147. The second kappa shape index (κ2) is 11.8. The number of nitro benzene ring substituents is 4. The fourth-order valence-electron chi connectivity index (χ4n) is 7.04. The van der Waals surface area contributed by atoms with E-state index in [4.69, 9.17) is 4.74 Å². The molecule has 45 heavy (non-hydrogen) atoms. The van der Waals surface area contributed by atoms with Gasteiger partial charge in [0.15, 0.2) is 0 Å². The van der Waals surface area contributed by atoms with Crippen molar-refractivity contribution in [3.63, 3.8) is 0 Å². The van der Waals surface area contributed by atoms with Crippen molar-refractivity contribution < 1.29 is 24.4 Å². The standard InChI is InChI=1S/C32H26N4O9/c37-33(38)25-11-3-1-9-21(25)31(23-17-15-19-7-5-13-27(29(19)23)35(41)42)45-32(22-10-2-4-12-26(22)34(39)40)24-18-16-20-8-6-14-28(30(20)24)36(43)44/h1-14,23-24,31-32H,15-18H2. The van der Waals surface area contributed by atoms with Crippen LogP contribution in [0.25, 0.3) is 0 Å². The number of aryl methyl sites for hydroxylation is 2. The number of benzene rings is 4. The molecule has 0 N–H and O–H groups in total. The summed E-state index contributed by atoms with van der Waals surface area (Å²) >= 11 is 0. The summed E-state index contributed by atoms with van der Waals surface area (Å²) in [6.45, 7) is 0. The molecule has 0 aliphatic heterocycles. The highest BCUT2D eigenvalue weighted by Crippen LogP contribution is 2.55. The van der Waals surface area contributed by atoms with Crippen molar-refractivity contribution in [3.05, 3.63) is 159 Å². The van der Waals surface area contributed by atoms with Crippen molar-refractivity contribution in [2.75, 3.05) is 0 Å². The Labute approximate surface area is 255 Å². The lowest BCUT2D eigenvalue weighted by atomic mass is 9.85. The first-order chi connectivity index (χ1) is 21.7. The topological polar surface area (TPSA) is 182 Å². The van der Waals surface area contributed by atoms with E-state index in [-0.39, 0.29) is 33.9 Å². The molecule has 0 amide bonds. The van der Waals surface area contributed by atoms with E-state index in [1.54, 1.807) is 36.4 Å². The molecular formula is C32H26N4O9. The summed E-state index contributed by atoms with van der Waals surface area (Å²) in [6, 6.07) is 21.4. The van der Waals surface area contributed by atoms with Crippen LogP contribution in [0.2, 0.25) is 0 Å². The third kappa shape index (κ3) is 5.27. The van der Waals surface area contributed by atoms with Crippen LogP contribution in [-0.4, -0.2) is 19.7 Å². The summed E-state index contributed by atoms with van der Waals surface area (Å²) < 4.78 is 6.90. The molecular weight excluding hydrogens is 584 g/mol. The maximum atomic E-state index is 12.3. The van der Waals surface area contributed by atoms with Crippen LogP contribution in [0.3, 0.4) is 0 Å². The van der Waals surface area contributed by atoms with Crippen molar-refractivity contribution in [1.29, 1.82) is 0 Å². The molecule has 0 saturated carbocycles. The van der Waals surface area contributed by atoms with Gasteiger partial charge in [-0.15, -0.1) is 0 Å². The molecule has 4 aromatic carbocycles. The summed E-state index contributed by atoms with van der Waals surface area (Å²) in [5, 5.41) is 48.9. The lowest BCUT2D eigenvalue weighted by Crippen LogP contribution is -2.22. The minimum Gasteiger partial charge on any atom is -0.364 e. The van der Waals surface area contributed by atoms with Gasteiger partial charge in [-0.05, 0) is 48.9 Å². The Morgan fingerprint density at radius 1 is 0.511 bits per heavy atom. The van der Waals surface area contributed by atoms with Crippen LogP contribution in [0, 0.1) is 40.5 Å². The van der Waals surface area contributed by atoms with Gasteiger partial charge in [0.2, 0.25) is 0 Å². The maximum absolute atomic E-state index is 12.3. The Kier molecular flexibility index (Phi) is 7.77. The second-order valence-corrected chi connectivity index (χ2v) is 11.1. The quantitative estimate of drug-likeness (QED) is 0.129. The SMILES string of the molecule is O=[N+]([O-])c1ccccc1C(OC(c1ccccc1[N+](=O)[O-])C1CCc2cccc([N+](=O)[O-])c21)C1CCc2cccc([N+](=O)[O-])c21. The largest absolute Gasteiger partial charge is 0.364 e. The van der Waals surface area contributed by atoms with E-state index in [1.807, 2.05) is 0 Å². The Morgan fingerprint density at radius 3 is 1.24 bits per heavy atom. The Morgan fingerprint density at radius 2 is 0.867 bits per heavy atom. The van der Waals surface area contributed by atoms with Crippen LogP contribution in [0.1, 0.15) is 70.3 Å². The van der Waals surface area contributed by atoms with Crippen LogP contribution in [0.15, 0.2) is 84.9 Å². The summed E-state index contributed by atoms with van der Waals surface area (Å²) in [5.41, 5.74) is 1.69. The summed E-state index contributed by atoms with van der Waals surface area (Å²) in [7, 11) is 0. The van der Waals surface area contributed by atoms with Crippen LogP contribution in [-0.2, 0) is 17.6 Å². The maximum Gasteiger partial charge on any atom is 0.275 e. The van der Waals surface area contributed by atoms with Gasteiger partial charge < -0.3 is 4.74 Å². The van der Waals surface area contributed by atoms with Gasteiger partial charge in [0.1, 0.15) is 0 Å². The highest BCUT2D eigenvalue weighted by atomic mass is 16.6. The van der Waals surface area contributed by atoms with Gasteiger partial charge >= 0.3 is 0 Å². The lowest BCUT2D eigenvalue weighted by Gasteiger charge is -2.33. The second-order valence-electron chi connectivity index (χ2n) is 11.1. The highest BCUT2D eigenvalue weighted by Gasteiger charge is 2.45. The predicted octanol–water partition coefficient (Wildman–Crippen LogP) is 7.58. The molecule has 13 heteroatoms. The Bertz CT molecular complexity index is 1730. The minimum atomic E-state index is -1.16. The van der Waals surface area contributed by atoms with Crippen molar-refractivity contribution in [1.82, 2.24) is 0 Å². The molecule has 0 spiro atoms. The number of nitro groups is 4. The fraction of sp³-hybridized carbons (Fsp3) is 0.250. The van der Waals surface area contributed by atoms with E-state index in [0.29, 0.717) is 47.9 Å². The number of hydrogen-bond acceptors (Lipinski definition) is 9. The van der Waals surface area contributed by atoms with Gasteiger partial charge in [-0.2, -0.15) is 0 Å². The summed E-state index contributed by atoms with van der Waals surface area (Å²) in [4.78, 5) is 46.8. The molecule has 2 aliphatic rings. The van der Waals surface area contributed by atoms with Gasteiger partial charge in [0, 0.05) is 47.2 Å². The van der Waals surface area contributed by atoms with E-state index < -0.39 is 43.7 Å². The number of ether oxygens (including phenoxy) is 1. The van der Waals surface area contributed by atoms with Crippen molar-refractivity contribution in [2.24, 2.45) is 0 Å². The predicted molar refractivity (Wildman–Crippen MR) is 161 cm³/mol. The molecule has 0 fully saturated rings. The van der Waals surface area contributed by atoms with Gasteiger partial charge in [-0.25, -0.2) is 0 Å². The molecule has 4 atom stereocenters. The average Bonchev–Trinajstić information content (AvgIpc) is 3.66. The number of para-hydroxylation sites is 2. The van der Waals surface area contributed by atoms with Crippen molar-refractivity contribution in [3.8, 4) is 0 Å². The Hall–Kier alpha value is -5.56. The molecule has 2 aliphatic carbocycles. The van der Waals surface area contributed by atoms with Gasteiger partial charge in [0.05, 0.1) is 43.0 Å². The highest BCUT2D eigenvalue weighted by molar-refractivity contribution is 5.55. The number of hydrogen-bond donors (Lipinski definition) is 0. The van der Waals surface area contributed by atoms with Gasteiger partial charge in [0.25, 0.3) is 22.7 Å². The van der Waals surface area contributed by atoms with Crippen LogP contribution in [0.4, 0.5) is 22.7 Å². The first kappa shape index (κ1) is 29.5. The normalized spacial score (nSPS) is 18.0. The third-order valence-corrected chi connectivity index (χ3v) is 8.84. The zero-order valence-electron chi connectivity index (χ0n) is 23.7. The monoisotopic (exact) mass is 610 g/mol. The molecule has 228 valence electrons. The number of fused-ring (bicyclic) bond motifs is 2. The molecule has 13 nitrogen and oxygen atoms in total. The molecule has 4 unspecified atom stereocenters. The summed E-state index contributed by atoms with van der Waals surface area (Å²) in [5.74, 6) is -1.45. The lowest BCUT2D eigenvalue weighted by molar-refractivity contribution is -0.388. The van der Waals surface area contributed by atoms with Crippen LogP contribution in [0.5, 0.6) is 0 Å². The van der Waals surface area contributed by atoms with Crippen molar-refractivity contribution in [2.45, 2.75) is 49.7 Å². The third-order valence-electron chi connectivity index (χ3n) is 8.84. The zero-order chi connectivity index (χ0) is 31.8. The number of nitrogens with zero attached hydrogens (tertiary/aromatic N) is 4. The molecule has 0 aromatic heterocycles. The van der Waals surface area contributed by atoms with Crippen molar-refractivity contribution >= 4 is 22.7 Å². The Balaban J connectivity index is 1.59. The molecule has 4 aromatic rings. The van der Waals surface area contributed by atoms with E-state index in [1.165, 1.54) is 48.5 Å². The molecule has 0 bridgehead atoms. The van der Waals surface area contributed by atoms with E-state index in [2.05, 4.69) is 0 Å². The van der Waals surface area contributed by atoms with Gasteiger partial charge in [-0.1, -0.05) is 48.5 Å². The van der Waals surface area contributed by atoms with Crippen LogP contribution < -0.4 is 0 Å². The first-order valence-corrected chi connectivity index (χ1v) is 14.3. The number of rotatable bonds is 10. The smallest absolute Gasteiger partial charge is 0.275 e.